The average Bonchev–Trinajstić information content (AvgIpc) is 3.07. The molecule has 3 rings (SSSR count). The minimum absolute atomic E-state index is 0.0954. The summed E-state index contributed by atoms with van der Waals surface area (Å²) in [6.07, 6.45) is 1.61. The van der Waals surface area contributed by atoms with Crippen LogP contribution in [0, 0.1) is 22.7 Å². The van der Waals surface area contributed by atoms with Crippen LogP contribution in [0.2, 0.25) is 0 Å². The summed E-state index contributed by atoms with van der Waals surface area (Å²) in [5.41, 5.74) is 8.04. The van der Waals surface area contributed by atoms with Crippen LogP contribution in [0.3, 0.4) is 0 Å². The van der Waals surface area contributed by atoms with E-state index in [2.05, 4.69) is 27.1 Å². The van der Waals surface area contributed by atoms with Crippen LogP contribution in [-0.2, 0) is 13.2 Å². The van der Waals surface area contributed by atoms with E-state index in [0.29, 0.717) is 17.9 Å². The van der Waals surface area contributed by atoms with Gasteiger partial charge in [0.15, 0.2) is 0 Å². The third kappa shape index (κ3) is 4.69. The molecule has 0 aliphatic rings. The first-order valence-electron chi connectivity index (χ1n) is 9.03. The monoisotopic (exact) mass is 463 g/mol. The van der Waals surface area contributed by atoms with Gasteiger partial charge in [0, 0.05) is 10.0 Å². The SMILES string of the molecule is N#CC(=Cc1cc(Br)ccc1OCc1ccccc1)c1nn(CCO)c(N)c1C#N. The number of aromatic nitrogens is 2. The summed E-state index contributed by atoms with van der Waals surface area (Å²) in [4.78, 5) is 0. The van der Waals surface area contributed by atoms with Gasteiger partial charge in [-0.3, -0.25) is 0 Å². The number of aliphatic hydroxyl groups is 1. The van der Waals surface area contributed by atoms with Gasteiger partial charge in [0.25, 0.3) is 0 Å². The molecule has 2 aromatic carbocycles. The van der Waals surface area contributed by atoms with Crippen LogP contribution in [0.5, 0.6) is 5.75 Å². The van der Waals surface area contributed by atoms with E-state index in [4.69, 9.17) is 15.6 Å². The minimum atomic E-state index is -0.190. The van der Waals surface area contributed by atoms with Gasteiger partial charge < -0.3 is 15.6 Å². The van der Waals surface area contributed by atoms with E-state index in [1.807, 2.05) is 48.5 Å². The van der Waals surface area contributed by atoms with E-state index in [-0.39, 0.29) is 35.8 Å². The first kappa shape index (κ1) is 21.1. The lowest BCUT2D eigenvalue weighted by Gasteiger charge is -2.10. The van der Waals surface area contributed by atoms with Crippen LogP contribution >= 0.6 is 15.9 Å². The summed E-state index contributed by atoms with van der Waals surface area (Å²) in [5.74, 6) is 0.688. The van der Waals surface area contributed by atoms with Crippen LogP contribution in [-0.4, -0.2) is 21.5 Å². The van der Waals surface area contributed by atoms with Crippen molar-refractivity contribution >= 4 is 33.4 Å². The first-order chi connectivity index (χ1) is 14.6. The molecule has 7 nitrogen and oxygen atoms in total. The fourth-order valence-electron chi connectivity index (χ4n) is 2.85. The predicted molar refractivity (Wildman–Crippen MR) is 117 cm³/mol. The molecule has 0 saturated heterocycles. The van der Waals surface area contributed by atoms with Gasteiger partial charge in [-0.25, -0.2) is 4.68 Å². The Morgan fingerprint density at radius 2 is 2.00 bits per heavy atom. The van der Waals surface area contributed by atoms with Crippen molar-refractivity contribution in [1.82, 2.24) is 9.78 Å². The molecule has 8 heteroatoms. The van der Waals surface area contributed by atoms with Crippen LogP contribution in [0.4, 0.5) is 5.82 Å². The van der Waals surface area contributed by atoms with Gasteiger partial charge in [-0.2, -0.15) is 15.6 Å². The van der Waals surface area contributed by atoms with Crippen molar-refractivity contribution in [3.05, 3.63) is 75.4 Å². The van der Waals surface area contributed by atoms with Gasteiger partial charge in [0.05, 0.1) is 18.7 Å². The lowest BCUT2D eigenvalue weighted by molar-refractivity contribution is 0.270. The van der Waals surface area contributed by atoms with Crippen LogP contribution in [0.1, 0.15) is 22.4 Å². The maximum Gasteiger partial charge on any atom is 0.140 e. The number of hydrogen-bond donors (Lipinski definition) is 2. The highest BCUT2D eigenvalue weighted by molar-refractivity contribution is 9.10. The van der Waals surface area contributed by atoms with Crippen LogP contribution < -0.4 is 10.5 Å². The van der Waals surface area contributed by atoms with Crippen molar-refractivity contribution < 1.29 is 9.84 Å². The number of allylic oxidation sites excluding steroid dienone is 1. The largest absolute Gasteiger partial charge is 0.488 e. The number of benzene rings is 2. The van der Waals surface area contributed by atoms with E-state index in [1.165, 1.54) is 4.68 Å². The Bertz CT molecular complexity index is 1160. The number of anilines is 1. The number of halogens is 1. The molecular weight excluding hydrogens is 446 g/mol. The van der Waals surface area contributed by atoms with E-state index in [0.717, 1.165) is 10.0 Å². The van der Waals surface area contributed by atoms with Crippen LogP contribution in [0.25, 0.3) is 11.6 Å². The van der Waals surface area contributed by atoms with Crippen LogP contribution in [0.15, 0.2) is 53.0 Å². The number of rotatable bonds is 7. The number of nitrogens with zero attached hydrogens (tertiary/aromatic N) is 4. The number of nitriles is 2. The van der Waals surface area contributed by atoms with Gasteiger partial charge >= 0.3 is 0 Å². The molecule has 0 spiro atoms. The zero-order chi connectivity index (χ0) is 21.5. The number of aliphatic hydroxyl groups excluding tert-OH is 1. The summed E-state index contributed by atoms with van der Waals surface area (Å²) < 4.78 is 8.08. The van der Waals surface area contributed by atoms with Gasteiger partial charge in [-0.1, -0.05) is 46.3 Å². The molecule has 0 aliphatic carbocycles. The van der Waals surface area contributed by atoms with Gasteiger partial charge in [0.1, 0.15) is 41.6 Å². The van der Waals surface area contributed by atoms with Crippen molar-refractivity contribution in [1.29, 1.82) is 10.5 Å². The van der Waals surface area contributed by atoms with E-state index in [1.54, 1.807) is 12.1 Å². The fraction of sp³-hybridized carbons (Fsp3) is 0.136. The highest BCUT2D eigenvalue weighted by Crippen LogP contribution is 2.30. The van der Waals surface area contributed by atoms with Crippen molar-refractivity contribution in [2.24, 2.45) is 0 Å². The quantitative estimate of drug-likeness (QED) is 0.514. The van der Waals surface area contributed by atoms with E-state index >= 15 is 0 Å². The molecule has 1 heterocycles. The van der Waals surface area contributed by atoms with Gasteiger partial charge in [0.2, 0.25) is 0 Å². The highest BCUT2D eigenvalue weighted by atomic mass is 79.9. The molecule has 0 atom stereocenters. The zero-order valence-corrected chi connectivity index (χ0v) is 17.5. The van der Waals surface area contributed by atoms with E-state index < -0.39 is 0 Å². The van der Waals surface area contributed by atoms with E-state index in [9.17, 15) is 10.5 Å². The molecule has 30 heavy (non-hydrogen) atoms. The fourth-order valence-corrected chi connectivity index (χ4v) is 3.23. The highest BCUT2D eigenvalue weighted by Gasteiger charge is 2.19. The summed E-state index contributed by atoms with van der Waals surface area (Å²) >= 11 is 3.44. The average molecular weight is 464 g/mol. The summed E-state index contributed by atoms with van der Waals surface area (Å²) in [5, 5.41) is 32.6. The van der Waals surface area contributed by atoms with Crippen molar-refractivity contribution in [2.75, 3.05) is 12.3 Å². The smallest absolute Gasteiger partial charge is 0.140 e. The predicted octanol–water partition coefficient (Wildman–Crippen LogP) is 3.73. The third-order valence-corrected chi connectivity index (χ3v) is 4.79. The number of hydrogen-bond acceptors (Lipinski definition) is 6. The Kier molecular flexibility index (Phi) is 6.87. The molecule has 0 amide bonds. The van der Waals surface area contributed by atoms with Gasteiger partial charge in [-0.15, -0.1) is 0 Å². The number of nitrogen functional groups attached to an aromatic ring is 1. The molecule has 0 saturated carbocycles. The second-order valence-corrected chi connectivity index (χ2v) is 7.21. The minimum Gasteiger partial charge on any atom is -0.488 e. The molecule has 150 valence electrons. The second-order valence-electron chi connectivity index (χ2n) is 6.29. The van der Waals surface area contributed by atoms with Crippen molar-refractivity contribution in [3.8, 4) is 17.9 Å². The Morgan fingerprint density at radius 1 is 1.23 bits per heavy atom. The molecular formula is C22H18BrN5O2. The Labute approximate surface area is 182 Å². The molecule has 3 N–H and O–H groups in total. The molecule has 0 bridgehead atoms. The van der Waals surface area contributed by atoms with Gasteiger partial charge in [-0.05, 0) is 29.8 Å². The first-order valence-corrected chi connectivity index (χ1v) is 9.82. The zero-order valence-electron chi connectivity index (χ0n) is 15.9. The molecule has 3 aromatic rings. The van der Waals surface area contributed by atoms with Crippen molar-refractivity contribution in [2.45, 2.75) is 13.2 Å². The Morgan fingerprint density at radius 3 is 2.67 bits per heavy atom. The normalized spacial score (nSPS) is 11.0. The number of ether oxygens (including phenoxy) is 1. The maximum atomic E-state index is 9.74. The maximum absolute atomic E-state index is 9.74. The Balaban J connectivity index is 2.00. The molecule has 0 unspecified atom stereocenters. The second kappa shape index (κ2) is 9.75. The lowest BCUT2D eigenvalue weighted by atomic mass is 10.1. The molecule has 1 aromatic heterocycles. The number of nitrogens with two attached hydrogens (primary N) is 1. The molecule has 0 fully saturated rings. The summed E-state index contributed by atoms with van der Waals surface area (Å²) in [7, 11) is 0. The summed E-state index contributed by atoms with van der Waals surface area (Å²) in [6, 6.07) is 19.3. The lowest BCUT2D eigenvalue weighted by Crippen LogP contribution is -2.07. The summed E-state index contributed by atoms with van der Waals surface area (Å²) in [6.45, 7) is 0.305. The Hall–Kier alpha value is -3.59. The molecule has 0 radical (unpaired) electrons. The standard InChI is InChI=1S/C22H18BrN5O2/c23-18-6-7-20(30-14-15-4-2-1-3-5-15)16(11-18)10-17(12-24)21-19(13-25)22(26)28(27-21)8-9-29/h1-7,10-11,29H,8-9,14,26H2. The topological polar surface area (TPSA) is 121 Å². The molecule has 0 aliphatic heterocycles. The van der Waals surface area contributed by atoms with Crippen molar-refractivity contribution in [3.63, 3.8) is 0 Å². The third-order valence-electron chi connectivity index (χ3n) is 4.30.